The summed E-state index contributed by atoms with van der Waals surface area (Å²) in [5.74, 6) is 0.250. The van der Waals surface area contributed by atoms with Crippen LogP contribution in [0.3, 0.4) is 0 Å². The summed E-state index contributed by atoms with van der Waals surface area (Å²) in [7, 11) is 0. The van der Waals surface area contributed by atoms with Crippen LogP contribution in [0.5, 0.6) is 0 Å². The second kappa shape index (κ2) is 10.3. The molecule has 1 aliphatic rings. The third kappa shape index (κ3) is 4.21. The monoisotopic (exact) mass is 490 g/mol. The number of aromatic nitrogens is 10. The topological polar surface area (TPSA) is 136 Å². The molecular formula is C25H34N10O. The van der Waals surface area contributed by atoms with Gasteiger partial charge in [0.25, 0.3) is 0 Å². The first-order chi connectivity index (χ1) is 17.6. The Labute approximate surface area is 210 Å². The van der Waals surface area contributed by atoms with Gasteiger partial charge >= 0.3 is 0 Å². The third-order valence-electron chi connectivity index (χ3n) is 7.95. The maximum atomic E-state index is 11.3. The molecule has 4 aromatic rings. The number of aliphatic hydroxyl groups excluding tert-OH is 1. The zero-order valence-electron chi connectivity index (χ0n) is 21.0. The first kappa shape index (κ1) is 24.2. The van der Waals surface area contributed by atoms with Gasteiger partial charge in [-0.3, -0.25) is 0 Å². The number of benzene rings is 1. The number of nitrogens with one attached hydrogen (secondary N) is 1. The van der Waals surface area contributed by atoms with Crippen LogP contribution in [-0.2, 0) is 11.1 Å². The fourth-order valence-corrected chi connectivity index (χ4v) is 5.61. The minimum absolute atomic E-state index is 0.250. The zero-order chi connectivity index (χ0) is 25.0. The number of hydrogen-bond donors (Lipinski definition) is 2. The molecule has 0 saturated heterocycles. The number of tetrazole rings is 1. The smallest absolute Gasteiger partial charge is 0.205 e. The molecule has 5 rings (SSSR count). The van der Waals surface area contributed by atoms with Crippen LogP contribution < -0.4 is 0 Å². The highest BCUT2D eigenvalue weighted by atomic mass is 16.3. The Bertz CT molecular complexity index is 1220. The molecule has 3 aromatic heterocycles. The first-order valence-corrected chi connectivity index (χ1v) is 13.0. The number of rotatable bonds is 8. The molecule has 3 heterocycles. The van der Waals surface area contributed by atoms with Gasteiger partial charge in [0.15, 0.2) is 0 Å². The fraction of sp³-hybridized carbons (Fsp3) is 0.560. The van der Waals surface area contributed by atoms with Crippen LogP contribution in [0, 0.1) is 0 Å². The summed E-state index contributed by atoms with van der Waals surface area (Å²) < 4.78 is 3.81. The highest BCUT2D eigenvalue weighted by Gasteiger charge is 2.44. The largest absolute Gasteiger partial charge is 0.382 e. The summed E-state index contributed by atoms with van der Waals surface area (Å²) >= 11 is 0. The summed E-state index contributed by atoms with van der Waals surface area (Å²) in [5, 5.41) is 43.9. The van der Waals surface area contributed by atoms with Crippen molar-refractivity contribution in [1.82, 2.24) is 50.6 Å². The molecule has 190 valence electrons. The van der Waals surface area contributed by atoms with E-state index in [9.17, 15) is 5.11 Å². The van der Waals surface area contributed by atoms with Crippen molar-refractivity contribution < 1.29 is 5.11 Å². The minimum Gasteiger partial charge on any atom is -0.382 e. The quantitative estimate of drug-likeness (QED) is 0.381. The van der Waals surface area contributed by atoms with E-state index in [1.54, 1.807) is 4.68 Å². The molecule has 11 nitrogen and oxygen atoms in total. The van der Waals surface area contributed by atoms with Crippen LogP contribution in [0.2, 0.25) is 0 Å². The number of aromatic amines is 1. The van der Waals surface area contributed by atoms with E-state index in [2.05, 4.69) is 36.1 Å². The summed E-state index contributed by atoms with van der Waals surface area (Å²) in [6, 6.07) is 10.1. The molecule has 1 aliphatic carbocycles. The van der Waals surface area contributed by atoms with Gasteiger partial charge in [-0.1, -0.05) is 91.9 Å². The lowest BCUT2D eigenvalue weighted by molar-refractivity contribution is 0.00847. The molecule has 1 atom stereocenters. The van der Waals surface area contributed by atoms with Gasteiger partial charge in [0.05, 0.1) is 17.9 Å². The van der Waals surface area contributed by atoms with Gasteiger partial charge in [0.1, 0.15) is 23.0 Å². The van der Waals surface area contributed by atoms with Gasteiger partial charge in [-0.25, -0.2) is 9.36 Å². The highest BCUT2D eigenvalue weighted by Crippen LogP contribution is 2.41. The summed E-state index contributed by atoms with van der Waals surface area (Å²) in [5.41, 5.74) is 1.51. The molecule has 0 radical (unpaired) electrons. The predicted octanol–water partition coefficient (Wildman–Crippen LogP) is 3.79. The molecule has 1 saturated carbocycles. The van der Waals surface area contributed by atoms with Crippen molar-refractivity contribution in [3.8, 4) is 11.3 Å². The van der Waals surface area contributed by atoms with E-state index in [4.69, 9.17) is 5.10 Å². The van der Waals surface area contributed by atoms with Gasteiger partial charge in [-0.05, 0) is 25.7 Å². The van der Waals surface area contributed by atoms with Gasteiger partial charge < -0.3 is 5.11 Å². The Balaban J connectivity index is 1.57. The third-order valence-corrected chi connectivity index (χ3v) is 7.95. The van der Waals surface area contributed by atoms with Crippen LogP contribution in [-0.4, -0.2) is 55.7 Å². The number of H-pyrrole nitrogens is 1. The molecule has 0 bridgehead atoms. The molecule has 1 fully saturated rings. The molecule has 0 spiro atoms. The van der Waals surface area contributed by atoms with Crippen LogP contribution >= 0.6 is 0 Å². The molecule has 1 unspecified atom stereocenters. The lowest BCUT2D eigenvalue weighted by Gasteiger charge is -2.35. The zero-order valence-corrected chi connectivity index (χ0v) is 21.0. The molecule has 0 amide bonds. The summed E-state index contributed by atoms with van der Waals surface area (Å²) in [4.78, 5) is 0. The van der Waals surface area contributed by atoms with Crippen LogP contribution in [0.15, 0.2) is 42.7 Å². The van der Waals surface area contributed by atoms with Crippen LogP contribution in [0.4, 0.5) is 0 Å². The Morgan fingerprint density at radius 2 is 1.67 bits per heavy atom. The van der Waals surface area contributed by atoms with E-state index in [1.807, 2.05) is 61.3 Å². The van der Waals surface area contributed by atoms with E-state index in [-0.39, 0.29) is 5.82 Å². The van der Waals surface area contributed by atoms with Crippen LogP contribution in [0.25, 0.3) is 11.3 Å². The van der Waals surface area contributed by atoms with E-state index >= 15 is 0 Å². The molecule has 36 heavy (non-hydrogen) atoms. The maximum absolute atomic E-state index is 11.3. The van der Waals surface area contributed by atoms with Crippen molar-refractivity contribution >= 4 is 0 Å². The predicted molar refractivity (Wildman–Crippen MR) is 133 cm³/mol. The average molecular weight is 491 g/mol. The van der Waals surface area contributed by atoms with E-state index in [0.717, 1.165) is 42.6 Å². The fourth-order valence-electron chi connectivity index (χ4n) is 5.61. The molecule has 11 heteroatoms. The van der Waals surface area contributed by atoms with Crippen molar-refractivity contribution in [2.24, 2.45) is 0 Å². The lowest BCUT2D eigenvalue weighted by atomic mass is 9.81. The number of hydrogen-bond acceptors (Lipinski definition) is 8. The van der Waals surface area contributed by atoms with E-state index < -0.39 is 17.2 Å². The SMILES string of the molecule is CCC(CC)(C(O)c1nn[nH]n1)n1cc(C2(n3cc(-c4ccccc4)nn3)CCCCCCC2)nn1. The Kier molecular flexibility index (Phi) is 6.90. The molecule has 0 aliphatic heterocycles. The highest BCUT2D eigenvalue weighted by molar-refractivity contribution is 5.57. The van der Waals surface area contributed by atoms with Gasteiger partial charge in [-0.2, -0.15) is 5.21 Å². The molecule has 2 N–H and O–H groups in total. The Morgan fingerprint density at radius 1 is 0.944 bits per heavy atom. The van der Waals surface area contributed by atoms with Crippen molar-refractivity contribution in [3.05, 3.63) is 54.2 Å². The maximum Gasteiger partial charge on any atom is 0.205 e. The normalized spacial score (nSPS) is 17.4. The Hall–Kier alpha value is -3.47. The first-order valence-electron chi connectivity index (χ1n) is 13.0. The summed E-state index contributed by atoms with van der Waals surface area (Å²) in [6.07, 6.45) is 11.9. The average Bonchev–Trinajstić information content (AvgIpc) is 3.68. The molecular weight excluding hydrogens is 456 g/mol. The second-order valence-corrected chi connectivity index (χ2v) is 9.75. The van der Waals surface area contributed by atoms with Gasteiger partial charge in [0, 0.05) is 5.56 Å². The number of nitrogens with zero attached hydrogens (tertiary/aromatic N) is 9. The molecule has 1 aromatic carbocycles. The van der Waals surface area contributed by atoms with E-state index in [1.165, 1.54) is 19.3 Å². The van der Waals surface area contributed by atoms with Crippen molar-refractivity contribution in [3.63, 3.8) is 0 Å². The van der Waals surface area contributed by atoms with Crippen molar-refractivity contribution in [2.75, 3.05) is 0 Å². The standard InChI is InChI=1S/C25H34N10O/c1-3-24(4-2,22(36)23-28-30-31-29-23)35-18-21(27-33-35)25(15-11-6-5-7-12-16-25)34-17-20(26-32-34)19-13-9-8-10-14-19/h8-10,13-14,17-18,22,36H,3-7,11-12,15-16H2,1-2H3,(H,28,29,30,31). The van der Waals surface area contributed by atoms with E-state index in [0.29, 0.717) is 12.8 Å². The van der Waals surface area contributed by atoms with Crippen molar-refractivity contribution in [1.29, 1.82) is 0 Å². The lowest BCUT2D eigenvalue weighted by Crippen LogP contribution is -2.40. The number of aliphatic hydroxyl groups is 1. The second-order valence-electron chi connectivity index (χ2n) is 9.75. The van der Waals surface area contributed by atoms with Gasteiger partial charge in [0.2, 0.25) is 5.82 Å². The van der Waals surface area contributed by atoms with Crippen LogP contribution in [0.1, 0.15) is 89.3 Å². The minimum atomic E-state index is -0.981. The Morgan fingerprint density at radius 3 is 2.33 bits per heavy atom. The summed E-state index contributed by atoms with van der Waals surface area (Å²) in [6.45, 7) is 4.06. The van der Waals surface area contributed by atoms with Gasteiger partial charge in [-0.15, -0.1) is 20.4 Å². The van der Waals surface area contributed by atoms with Crippen molar-refractivity contribution in [2.45, 2.75) is 88.8 Å².